The number of rotatable bonds is 3. The molecule has 1 aromatic carbocycles. The van der Waals surface area contributed by atoms with E-state index in [9.17, 15) is 14.4 Å². The van der Waals surface area contributed by atoms with Gasteiger partial charge in [0.15, 0.2) is 17.6 Å². The third kappa shape index (κ3) is 3.13. The number of thiophene rings is 1. The molecule has 148 valence electrons. The van der Waals surface area contributed by atoms with Gasteiger partial charge < -0.3 is 9.72 Å². The van der Waals surface area contributed by atoms with Gasteiger partial charge in [0.05, 0.1) is 10.8 Å². The van der Waals surface area contributed by atoms with Crippen molar-refractivity contribution in [2.45, 2.75) is 26.9 Å². The van der Waals surface area contributed by atoms with Gasteiger partial charge in [-0.3, -0.25) is 9.59 Å². The van der Waals surface area contributed by atoms with Gasteiger partial charge in [0.1, 0.15) is 4.83 Å². The molecule has 0 radical (unpaired) electrons. The van der Waals surface area contributed by atoms with Gasteiger partial charge in [0, 0.05) is 17.3 Å². The second kappa shape index (κ2) is 6.93. The summed E-state index contributed by atoms with van der Waals surface area (Å²) in [5.74, 6) is -0.447. The molecule has 8 nitrogen and oxygen atoms in total. The number of aryl methyl sites for hydroxylation is 3. The molecule has 0 saturated heterocycles. The van der Waals surface area contributed by atoms with Crippen LogP contribution < -0.4 is 11.1 Å². The SMILES string of the molecule is Cc1sc2nc(C(C)OC(=O)c3nn(C)c(=O)c4ccccc34)[nH]c(=O)c2c1C. The van der Waals surface area contributed by atoms with Crippen molar-refractivity contribution >= 4 is 38.3 Å². The van der Waals surface area contributed by atoms with Crippen LogP contribution in [0, 0.1) is 13.8 Å². The maximum atomic E-state index is 12.8. The van der Waals surface area contributed by atoms with Gasteiger partial charge in [-0.2, -0.15) is 5.10 Å². The van der Waals surface area contributed by atoms with Gasteiger partial charge in [-0.15, -0.1) is 11.3 Å². The molecule has 0 spiro atoms. The number of carbonyl (C=O) groups excluding carboxylic acids is 1. The highest BCUT2D eigenvalue weighted by Gasteiger charge is 2.22. The van der Waals surface area contributed by atoms with E-state index in [0.717, 1.165) is 15.1 Å². The van der Waals surface area contributed by atoms with E-state index in [-0.39, 0.29) is 22.6 Å². The van der Waals surface area contributed by atoms with Crippen LogP contribution >= 0.6 is 11.3 Å². The fourth-order valence-electron chi connectivity index (χ4n) is 3.19. The lowest BCUT2D eigenvalue weighted by atomic mass is 10.1. The first kappa shape index (κ1) is 19.0. The van der Waals surface area contributed by atoms with E-state index in [1.165, 1.54) is 18.4 Å². The van der Waals surface area contributed by atoms with Crippen LogP contribution in [0.15, 0.2) is 33.9 Å². The molecule has 3 heterocycles. The van der Waals surface area contributed by atoms with E-state index in [1.54, 1.807) is 31.2 Å². The van der Waals surface area contributed by atoms with Gasteiger partial charge >= 0.3 is 5.97 Å². The lowest BCUT2D eigenvalue weighted by Crippen LogP contribution is -2.24. The van der Waals surface area contributed by atoms with E-state index in [1.807, 2.05) is 13.8 Å². The summed E-state index contributed by atoms with van der Waals surface area (Å²) >= 11 is 1.42. The standard InChI is InChI=1S/C20H18N4O4S/c1-9-11(3)29-18-14(9)17(25)21-16(22-18)10(2)28-20(27)15-12-7-5-6-8-13(12)19(26)24(4)23-15/h5-8,10H,1-4H3,(H,21,22,25). The maximum absolute atomic E-state index is 12.8. The highest BCUT2D eigenvalue weighted by molar-refractivity contribution is 7.18. The number of H-pyrrole nitrogens is 1. The van der Waals surface area contributed by atoms with Gasteiger partial charge in [-0.05, 0) is 32.4 Å². The van der Waals surface area contributed by atoms with Gasteiger partial charge in [-0.1, -0.05) is 18.2 Å². The molecule has 4 aromatic rings. The third-order valence-electron chi connectivity index (χ3n) is 4.88. The predicted octanol–water partition coefficient (Wildman–Crippen LogP) is 2.77. The zero-order valence-corrected chi connectivity index (χ0v) is 17.1. The number of benzene rings is 1. The van der Waals surface area contributed by atoms with Gasteiger partial charge in [0.25, 0.3) is 11.1 Å². The highest BCUT2D eigenvalue weighted by Crippen LogP contribution is 2.27. The van der Waals surface area contributed by atoms with Crippen molar-refractivity contribution in [2.75, 3.05) is 0 Å². The summed E-state index contributed by atoms with van der Waals surface area (Å²) in [6.45, 7) is 5.44. The lowest BCUT2D eigenvalue weighted by Gasteiger charge is -2.13. The number of hydrogen-bond acceptors (Lipinski definition) is 7. The Balaban J connectivity index is 1.72. The zero-order chi connectivity index (χ0) is 20.9. The van der Waals surface area contributed by atoms with E-state index in [0.29, 0.717) is 21.0 Å². The van der Waals surface area contributed by atoms with Crippen molar-refractivity contribution in [3.8, 4) is 0 Å². The molecule has 1 atom stereocenters. The molecule has 3 aromatic heterocycles. The molecule has 0 aliphatic heterocycles. The average Bonchev–Trinajstić information content (AvgIpc) is 2.98. The maximum Gasteiger partial charge on any atom is 0.360 e. The first-order valence-electron chi connectivity index (χ1n) is 8.95. The number of hydrogen-bond donors (Lipinski definition) is 1. The molecule has 0 aliphatic rings. The van der Waals surface area contributed by atoms with Crippen LogP contribution in [0.4, 0.5) is 0 Å². The zero-order valence-electron chi connectivity index (χ0n) is 16.3. The Morgan fingerprint density at radius 1 is 1.21 bits per heavy atom. The number of fused-ring (bicyclic) bond motifs is 2. The summed E-state index contributed by atoms with van der Waals surface area (Å²) in [7, 11) is 1.48. The van der Waals surface area contributed by atoms with Crippen molar-refractivity contribution in [1.29, 1.82) is 0 Å². The van der Waals surface area contributed by atoms with Crippen LogP contribution in [-0.2, 0) is 11.8 Å². The fraction of sp³-hybridized carbons (Fsp3) is 0.250. The van der Waals surface area contributed by atoms with Crippen LogP contribution in [-0.4, -0.2) is 25.7 Å². The monoisotopic (exact) mass is 410 g/mol. The van der Waals surface area contributed by atoms with E-state index < -0.39 is 12.1 Å². The second-order valence-electron chi connectivity index (χ2n) is 6.79. The van der Waals surface area contributed by atoms with Gasteiger partial charge in [-0.25, -0.2) is 14.5 Å². The third-order valence-corrected chi connectivity index (χ3v) is 5.98. The topological polar surface area (TPSA) is 107 Å². The first-order chi connectivity index (χ1) is 13.8. The number of esters is 1. The Kier molecular flexibility index (Phi) is 4.54. The predicted molar refractivity (Wildman–Crippen MR) is 111 cm³/mol. The number of nitrogens with zero attached hydrogens (tertiary/aromatic N) is 3. The second-order valence-corrected chi connectivity index (χ2v) is 7.99. The van der Waals surface area contributed by atoms with E-state index >= 15 is 0 Å². The van der Waals surface area contributed by atoms with Crippen molar-refractivity contribution < 1.29 is 9.53 Å². The fourth-order valence-corrected chi connectivity index (χ4v) is 4.22. The summed E-state index contributed by atoms with van der Waals surface area (Å²) < 4.78 is 6.63. The number of carbonyl (C=O) groups is 1. The molecular formula is C20H18N4O4S. The molecule has 29 heavy (non-hydrogen) atoms. The summed E-state index contributed by atoms with van der Waals surface area (Å²) in [6, 6.07) is 6.72. The van der Waals surface area contributed by atoms with Crippen LogP contribution in [0.1, 0.15) is 39.8 Å². The molecule has 1 N–H and O–H groups in total. The average molecular weight is 410 g/mol. The highest BCUT2D eigenvalue weighted by atomic mass is 32.1. The Morgan fingerprint density at radius 3 is 2.62 bits per heavy atom. The molecule has 4 rings (SSSR count). The Bertz CT molecular complexity index is 1400. The van der Waals surface area contributed by atoms with Crippen LogP contribution in [0.2, 0.25) is 0 Å². The largest absolute Gasteiger partial charge is 0.450 e. The smallest absolute Gasteiger partial charge is 0.360 e. The quantitative estimate of drug-likeness (QED) is 0.521. The van der Waals surface area contributed by atoms with E-state index in [4.69, 9.17) is 4.74 Å². The van der Waals surface area contributed by atoms with Crippen LogP contribution in [0.3, 0.4) is 0 Å². The minimum atomic E-state index is -0.805. The number of aromatic amines is 1. The van der Waals surface area contributed by atoms with Crippen molar-refractivity contribution in [3.63, 3.8) is 0 Å². The number of ether oxygens (including phenoxy) is 1. The van der Waals surface area contributed by atoms with Gasteiger partial charge in [0.2, 0.25) is 0 Å². The Hall–Kier alpha value is -3.33. The number of nitrogens with one attached hydrogen (secondary N) is 1. The molecule has 0 aliphatic carbocycles. The minimum absolute atomic E-state index is 0.0285. The summed E-state index contributed by atoms with van der Waals surface area (Å²) in [6.07, 6.45) is -0.805. The van der Waals surface area contributed by atoms with Crippen molar-refractivity contribution in [3.05, 3.63) is 66.9 Å². The Labute approximate surface area is 168 Å². The number of aromatic nitrogens is 4. The minimum Gasteiger partial charge on any atom is -0.450 e. The molecular weight excluding hydrogens is 392 g/mol. The van der Waals surface area contributed by atoms with Crippen molar-refractivity contribution in [2.24, 2.45) is 7.05 Å². The molecule has 0 saturated carbocycles. The summed E-state index contributed by atoms with van der Waals surface area (Å²) in [5.41, 5.74) is 0.363. The summed E-state index contributed by atoms with van der Waals surface area (Å²) in [5, 5.41) is 5.41. The Morgan fingerprint density at radius 2 is 1.90 bits per heavy atom. The normalized spacial score (nSPS) is 12.4. The molecule has 1 unspecified atom stereocenters. The molecule has 0 amide bonds. The van der Waals surface area contributed by atoms with Crippen molar-refractivity contribution in [1.82, 2.24) is 19.7 Å². The lowest BCUT2D eigenvalue weighted by molar-refractivity contribution is 0.0313. The van der Waals surface area contributed by atoms with Crippen LogP contribution in [0.5, 0.6) is 0 Å². The molecule has 0 fully saturated rings. The summed E-state index contributed by atoms with van der Waals surface area (Å²) in [4.78, 5) is 46.3. The first-order valence-corrected chi connectivity index (χ1v) is 9.76. The van der Waals surface area contributed by atoms with E-state index in [2.05, 4.69) is 15.1 Å². The van der Waals surface area contributed by atoms with Crippen LogP contribution in [0.25, 0.3) is 21.0 Å². The molecule has 9 heteroatoms. The molecule has 0 bridgehead atoms.